The molecule has 3 N–H and O–H groups in total. The van der Waals surface area contributed by atoms with Crippen molar-refractivity contribution in [3.05, 3.63) is 27.1 Å². The zero-order valence-corrected chi connectivity index (χ0v) is 12.4. The fraction of sp³-hybridized carbons (Fsp3) is 0.250. The number of carbonyl (C=O) groups excluding carboxylic acids is 1. The summed E-state index contributed by atoms with van der Waals surface area (Å²) in [5, 5.41) is 21.5. The van der Waals surface area contributed by atoms with Gasteiger partial charge in [0.05, 0.1) is 11.1 Å². The van der Waals surface area contributed by atoms with Crippen LogP contribution >= 0.6 is 27.7 Å². The zero-order valence-electron chi connectivity index (χ0n) is 10.0. The molecule has 1 aromatic rings. The standard InChI is InChI=1S/C12H12BrNO4S/c1-2-18-8-4-6(3-7(13)10(8)15)5-9-11(16)14-12(17)19-9/h3-5,11,15-16H,2H2,1H3,(H,14,17). The average molecular weight is 346 g/mol. The van der Waals surface area contributed by atoms with Crippen molar-refractivity contribution in [3.8, 4) is 11.5 Å². The highest BCUT2D eigenvalue weighted by Crippen LogP contribution is 2.37. The van der Waals surface area contributed by atoms with E-state index in [-0.39, 0.29) is 11.0 Å². The first-order valence-corrected chi connectivity index (χ1v) is 7.15. The fourth-order valence-corrected chi connectivity index (χ4v) is 2.80. The van der Waals surface area contributed by atoms with E-state index in [9.17, 15) is 15.0 Å². The molecule has 5 nitrogen and oxygen atoms in total. The molecule has 1 heterocycles. The van der Waals surface area contributed by atoms with Gasteiger partial charge in [0.2, 0.25) is 0 Å². The minimum atomic E-state index is -0.986. The van der Waals surface area contributed by atoms with Gasteiger partial charge in [-0.1, -0.05) is 0 Å². The lowest BCUT2D eigenvalue weighted by Gasteiger charge is -2.09. The number of ether oxygens (including phenoxy) is 1. The smallest absolute Gasteiger partial charge is 0.285 e. The number of carbonyl (C=O) groups is 1. The van der Waals surface area contributed by atoms with Gasteiger partial charge in [-0.3, -0.25) is 4.79 Å². The third-order valence-corrected chi connectivity index (χ3v) is 3.88. The molecule has 1 aliphatic heterocycles. The first-order valence-electron chi connectivity index (χ1n) is 5.54. The number of halogens is 1. The molecule has 0 saturated carbocycles. The molecule has 19 heavy (non-hydrogen) atoms. The quantitative estimate of drug-likeness (QED) is 0.784. The van der Waals surface area contributed by atoms with E-state index < -0.39 is 6.23 Å². The Bertz CT molecular complexity index is 547. The number of amides is 1. The molecular formula is C12H12BrNO4S. The summed E-state index contributed by atoms with van der Waals surface area (Å²) < 4.78 is 5.80. The van der Waals surface area contributed by atoms with Gasteiger partial charge in [0.25, 0.3) is 5.24 Å². The molecule has 1 saturated heterocycles. The number of phenolic OH excluding ortho intramolecular Hbond substituents is 1. The van der Waals surface area contributed by atoms with Crippen molar-refractivity contribution in [1.82, 2.24) is 5.32 Å². The Balaban J connectivity index is 2.35. The SMILES string of the molecule is CCOc1cc(C=C2SC(=O)NC2O)cc(Br)c1O. The van der Waals surface area contributed by atoms with E-state index in [1.54, 1.807) is 18.2 Å². The van der Waals surface area contributed by atoms with Crippen LogP contribution in [0.5, 0.6) is 11.5 Å². The second-order valence-corrected chi connectivity index (χ2v) is 5.67. The first-order chi connectivity index (χ1) is 9.01. The molecule has 2 rings (SSSR count). The zero-order chi connectivity index (χ0) is 14.0. The molecule has 7 heteroatoms. The third kappa shape index (κ3) is 3.23. The molecule has 0 spiro atoms. The minimum absolute atomic E-state index is 0.0258. The molecule has 1 atom stereocenters. The summed E-state index contributed by atoms with van der Waals surface area (Å²) in [4.78, 5) is 11.6. The molecule has 0 radical (unpaired) electrons. The van der Waals surface area contributed by atoms with Gasteiger partial charge in [0.15, 0.2) is 17.7 Å². The van der Waals surface area contributed by atoms with Gasteiger partial charge in [-0.2, -0.15) is 0 Å². The molecule has 1 fully saturated rings. The summed E-state index contributed by atoms with van der Waals surface area (Å²) in [5.41, 5.74) is 0.714. The number of hydrogen-bond donors (Lipinski definition) is 3. The molecule has 0 bridgehead atoms. The minimum Gasteiger partial charge on any atom is -0.503 e. The maximum absolute atomic E-state index is 11.1. The Hall–Kier alpha value is -1.18. The van der Waals surface area contributed by atoms with E-state index >= 15 is 0 Å². The van der Waals surface area contributed by atoms with Crippen molar-refractivity contribution < 1.29 is 19.7 Å². The van der Waals surface area contributed by atoms with E-state index in [0.717, 1.165) is 11.8 Å². The molecule has 102 valence electrons. The predicted octanol–water partition coefficient (Wildman–Crippen LogP) is 2.67. The summed E-state index contributed by atoms with van der Waals surface area (Å²) in [6, 6.07) is 3.33. The van der Waals surface area contributed by atoms with Crippen LogP contribution in [0.4, 0.5) is 4.79 Å². The highest BCUT2D eigenvalue weighted by molar-refractivity contribution is 9.10. The van der Waals surface area contributed by atoms with Crippen LogP contribution in [-0.4, -0.2) is 28.3 Å². The summed E-state index contributed by atoms with van der Waals surface area (Å²) in [5.74, 6) is 0.373. The summed E-state index contributed by atoms with van der Waals surface area (Å²) in [6.45, 7) is 2.25. The fourth-order valence-electron chi connectivity index (χ4n) is 1.59. The number of hydrogen-bond acceptors (Lipinski definition) is 5. The average Bonchev–Trinajstić information content (AvgIpc) is 2.64. The number of aliphatic hydroxyl groups is 1. The van der Waals surface area contributed by atoms with Crippen molar-refractivity contribution in [3.63, 3.8) is 0 Å². The molecule has 1 unspecified atom stereocenters. The third-order valence-electron chi connectivity index (χ3n) is 2.39. The van der Waals surface area contributed by atoms with Crippen LogP contribution in [0.3, 0.4) is 0 Å². The summed E-state index contributed by atoms with van der Waals surface area (Å²) in [7, 11) is 0. The Kier molecular flexibility index (Phi) is 4.38. The number of nitrogens with one attached hydrogen (secondary N) is 1. The maximum Gasteiger partial charge on any atom is 0.285 e. The largest absolute Gasteiger partial charge is 0.503 e. The van der Waals surface area contributed by atoms with E-state index in [1.807, 2.05) is 6.92 Å². The lowest BCUT2D eigenvalue weighted by atomic mass is 10.2. The van der Waals surface area contributed by atoms with Crippen LogP contribution in [0, 0.1) is 0 Å². The van der Waals surface area contributed by atoms with Crippen LogP contribution in [-0.2, 0) is 0 Å². The van der Waals surface area contributed by atoms with Crippen molar-refractivity contribution in [2.45, 2.75) is 13.2 Å². The highest BCUT2D eigenvalue weighted by Gasteiger charge is 2.25. The predicted molar refractivity (Wildman–Crippen MR) is 77.1 cm³/mol. The number of rotatable bonds is 3. The van der Waals surface area contributed by atoms with Gasteiger partial charge in [-0.05, 0) is 58.4 Å². The number of aliphatic hydroxyl groups excluding tert-OH is 1. The van der Waals surface area contributed by atoms with Gasteiger partial charge >= 0.3 is 0 Å². The van der Waals surface area contributed by atoms with Crippen molar-refractivity contribution in [2.24, 2.45) is 0 Å². The Morgan fingerprint density at radius 3 is 2.89 bits per heavy atom. The van der Waals surface area contributed by atoms with E-state index in [0.29, 0.717) is 27.3 Å². The van der Waals surface area contributed by atoms with E-state index in [2.05, 4.69) is 21.2 Å². The van der Waals surface area contributed by atoms with Crippen LogP contribution in [0.2, 0.25) is 0 Å². The van der Waals surface area contributed by atoms with Gasteiger partial charge < -0.3 is 20.3 Å². The number of phenols is 1. The molecule has 0 aliphatic carbocycles. The van der Waals surface area contributed by atoms with Gasteiger partial charge in [0, 0.05) is 4.91 Å². The van der Waals surface area contributed by atoms with Gasteiger partial charge in [-0.15, -0.1) is 0 Å². The number of thioether (sulfide) groups is 1. The Morgan fingerprint density at radius 1 is 1.58 bits per heavy atom. The Morgan fingerprint density at radius 2 is 2.32 bits per heavy atom. The molecular weight excluding hydrogens is 334 g/mol. The van der Waals surface area contributed by atoms with Crippen molar-refractivity contribution >= 4 is 39.0 Å². The second kappa shape index (κ2) is 5.85. The highest BCUT2D eigenvalue weighted by atomic mass is 79.9. The van der Waals surface area contributed by atoms with Crippen LogP contribution < -0.4 is 10.1 Å². The number of aromatic hydroxyl groups is 1. The molecule has 1 aromatic carbocycles. The second-order valence-electron chi connectivity index (χ2n) is 3.77. The van der Waals surface area contributed by atoms with Crippen molar-refractivity contribution in [1.29, 1.82) is 0 Å². The summed E-state index contributed by atoms with van der Waals surface area (Å²) >= 11 is 4.17. The molecule has 1 aliphatic rings. The first kappa shape index (κ1) is 14.2. The molecule has 1 amide bonds. The Labute approximate surface area is 122 Å². The van der Waals surface area contributed by atoms with Gasteiger partial charge in [0.1, 0.15) is 0 Å². The normalized spacial score (nSPS) is 20.7. The lowest BCUT2D eigenvalue weighted by molar-refractivity contribution is 0.192. The molecule has 0 aromatic heterocycles. The lowest BCUT2D eigenvalue weighted by Crippen LogP contribution is -2.24. The monoisotopic (exact) mass is 345 g/mol. The number of benzene rings is 1. The topological polar surface area (TPSA) is 78.8 Å². The van der Waals surface area contributed by atoms with Crippen LogP contribution in [0.15, 0.2) is 21.5 Å². The van der Waals surface area contributed by atoms with E-state index in [4.69, 9.17) is 4.74 Å². The van der Waals surface area contributed by atoms with Crippen molar-refractivity contribution in [2.75, 3.05) is 6.61 Å². The van der Waals surface area contributed by atoms with Crippen LogP contribution in [0.25, 0.3) is 6.08 Å². The van der Waals surface area contributed by atoms with E-state index in [1.165, 1.54) is 0 Å². The maximum atomic E-state index is 11.1. The summed E-state index contributed by atoms with van der Waals surface area (Å²) in [6.07, 6.45) is 0.681. The van der Waals surface area contributed by atoms with Crippen LogP contribution in [0.1, 0.15) is 12.5 Å². The van der Waals surface area contributed by atoms with Gasteiger partial charge in [-0.25, -0.2) is 0 Å².